The highest BCUT2D eigenvalue weighted by Gasteiger charge is 2.45. The van der Waals surface area contributed by atoms with Gasteiger partial charge in [-0.15, -0.1) is 0 Å². The minimum absolute atomic E-state index is 0.0537. The summed E-state index contributed by atoms with van der Waals surface area (Å²) in [7, 11) is 0. The van der Waals surface area contributed by atoms with Crippen LogP contribution in [0.1, 0.15) is 37.7 Å². The summed E-state index contributed by atoms with van der Waals surface area (Å²) in [5.41, 5.74) is 0.743. The van der Waals surface area contributed by atoms with E-state index in [1.54, 1.807) is 34.1 Å². The Morgan fingerprint density at radius 2 is 1.57 bits per heavy atom. The third-order valence-corrected chi connectivity index (χ3v) is 6.90. The van der Waals surface area contributed by atoms with Crippen LogP contribution in [0.2, 0.25) is 5.02 Å². The molecule has 0 aromatic heterocycles. The number of rotatable bonds is 5. The van der Waals surface area contributed by atoms with Crippen LogP contribution in [-0.4, -0.2) is 59.5 Å². The summed E-state index contributed by atoms with van der Waals surface area (Å²) in [6, 6.07) is 16.2. The zero-order valence-corrected chi connectivity index (χ0v) is 20.5. The van der Waals surface area contributed by atoms with Crippen LogP contribution in [0.25, 0.3) is 0 Å². The molecule has 5 amide bonds. The first-order valence-corrected chi connectivity index (χ1v) is 12.5. The number of nitrogens with zero attached hydrogens (tertiary/aromatic N) is 2. The summed E-state index contributed by atoms with van der Waals surface area (Å²) in [5.74, 6) is -0.0537. The molecule has 3 N–H and O–H groups in total. The predicted octanol–water partition coefficient (Wildman–Crippen LogP) is 4.22. The summed E-state index contributed by atoms with van der Waals surface area (Å²) in [6.07, 6.45) is 3.71. The van der Waals surface area contributed by atoms with Gasteiger partial charge in [-0.3, -0.25) is 4.79 Å². The van der Waals surface area contributed by atoms with Gasteiger partial charge in [-0.05, 0) is 43.0 Å². The Bertz CT molecular complexity index is 1040. The Hall–Kier alpha value is -3.26. The molecular weight excluding hydrogens is 466 g/mol. The van der Waals surface area contributed by atoms with E-state index in [9.17, 15) is 14.4 Å². The molecule has 9 heteroatoms. The van der Waals surface area contributed by atoms with Crippen LogP contribution in [0.4, 0.5) is 15.3 Å². The molecule has 2 fully saturated rings. The Morgan fingerprint density at radius 1 is 0.857 bits per heavy atom. The maximum absolute atomic E-state index is 13.6. The molecule has 1 heterocycles. The number of anilines is 1. The molecule has 1 saturated heterocycles. The molecule has 0 spiro atoms. The maximum atomic E-state index is 13.6. The van der Waals surface area contributed by atoms with Crippen molar-refractivity contribution in [3.63, 3.8) is 0 Å². The number of benzene rings is 2. The molecule has 0 unspecified atom stereocenters. The third kappa shape index (κ3) is 6.45. The van der Waals surface area contributed by atoms with Crippen molar-refractivity contribution in [1.82, 2.24) is 20.4 Å². The van der Waals surface area contributed by atoms with Crippen molar-refractivity contribution in [2.75, 3.05) is 31.5 Å². The number of carbonyl (C=O) groups is 3. The molecule has 8 nitrogen and oxygen atoms in total. The number of hydrogen-bond donors (Lipinski definition) is 3. The van der Waals surface area contributed by atoms with E-state index in [-0.39, 0.29) is 18.0 Å². The SMILES string of the molecule is O=C(NCc1ccccc1)NC1(C(=O)N2CCCN(C(=O)Nc3cccc(Cl)c3)CC2)CCCC1. The minimum Gasteiger partial charge on any atom is -0.339 e. The summed E-state index contributed by atoms with van der Waals surface area (Å²) in [5, 5.41) is 9.31. The van der Waals surface area contributed by atoms with Crippen molar-refractivity contribution in [2.24, 2.45) is 0 Å². The molecule has 35 heavy (non-hydrogen) atoms. The summed E-state index contributed by atoms with van der Waals surface area (Å²) < 4.78 is 0. The van der Waals surface area contributed by atoms with Gasteiger partial charge < -0.3 is 25.8 Å². The lowest BCUT2D eigenvalue weighted by Gasteiger charge is -2.34. The second-order valence-corrected chi connectivity index (χ2v) is 9.59. The normalized spacial score (nSPS) is 17.4. The van der Waals surface area contributed by atoms with Crippen LogP contribution >= 0.6 is 11.6 Å². The Morgan fingerprint density at radius 3 is 2.31 bits per heavy atom. The average Bonchev–Trinajstić information content (AvgIpc) is 3.19. The number of carbonyl (C=O) groups excluding carboxylic acids is 3. The van der Waals surface area contributed by atoms with Gasteiger partial charge in [0.25, 0.3) is 0 Å². The molecule has 0 atom stereocenters. The minimum atomic E-state index is -0.890. The van der Waals surface area contributed by atoms with Crippen LogP contribution in [0.3, 0.4) is 0 Å². The first kappa shape index (κ1) is 24.9. The van der Waals surface area contributed by atoms with Gasteiger partial charge >= 0.3 is 12.1 Å². The number of halogens is 1. The van der Waals surface area contributed by atoms with E-state index in [1.165, 1.54) is 0 Å². The first-order valence-electron chi connectivity index (χ1n) is 12.2. The molecule has 2 aliphatic rings. The highest BCUT2D eigenvalue weighted by atomic mass is 35.5. The Labute approximate surface area is 211 Å². The zero-order valence-electron chi connectivity index (χ0n) is 19.8. The molecule has 1 aliphatic carbocycles. The van der Waals surface area contributed by atoms with Gasteiger partial charge in [-0.1, -0.05) is 60.8 Å². The van der Waals surface area contributed by atoms with E-state index in [0.717, 1.165) is 18.4 Å². The van der Waals surface area contributed by atoms with E-state index in [2.05, 4.69) is 16.0 Å². The topological polar surface area (TPSA) is 93.8 Å². The fraction of sp³-hybridized carbons (Fsp3) is 0.423. The van der Waals surface area contributed by atoms with Crippen molar-refractivity contribution < 1.29 is 14.4 Å². The monoisotopic (exact) mass is 497 g/mol. The van der Waals surface area contributed by atoms with Gasteiger partial charge in [0.15, 0.2) is 0 Å². The quantitative estimate of drug-likeness (QED) is 0.577. The van der Waals surface area contributed by atoms with E-state index in [0.29, 0.717) is 62.7 Å². The third-order valence-electron chi connectivity index (χ3n) is 6.66. The van der Waals surface area contributed by atoms with Crippen LogP contribution in [0, 0.1) is 0 Å². The van der Waals surface area contributed by atoms with Crippen molar-refractivity contribution in [2.45, 2.75) is 44.2 Å². The van der Waals surface area contributed by atoms with Crippen molar-refractivity contribution in [1.29, 1.82) is 0 Å². The van der Waals surface area contributed by atoms with Gasteiger partial charge in [0, 0.05) is 43.4 Å². The highest BCUT2D eigenvalue weighted by Crippen LogP contribution is 2.32. The van der Waals surface area contributed by atoms with Crippen molar-refractivity contribution >= 4 is 35.3 Å². The molecule has 1 aliphatic heterocycles. The standard InChI is InChI=1S/C26H32ClN5O3/c27-21-10-6-11-22(18-21)29-25(35)32-15-7-14-31(16-17-32)23(33)26(12-4-5-13-26)30-24(34)28-19-20-8-2-1-3-9-20/h1-3,6,8-11,18H,4-5,7,12-17,19H2,(H,29,35)(H2,28,30,34). The molecule has 0 radical (unpaired) electrons. The van der Waals surface area contributed by atoms with Crippen molar-refractivity contribution in [3.05, 3.63) is 65.2 Å². The van der Waals surface area contributed by atoms with Crippen LogP contribution in [0.5, 0.6) is 0 Å². The fourth-order valence-corrected chi connectivity index (χ4v) is 5.00. The number of urea groups is 2. The van der Waals surface area contributed by atoms with Gasteiger partial charge in [-0.25, -0.2) is 9.59 Å². The van der Waals surface area contributed by atoms with Gasteiger partial charge in [0.05, 0.1) is 0 Å². The van der Waals surface area contributed by atoms with E-state index in [4.69, 9.17) is 11.6 Å². The lowest BCUT2D eigenvalue weighted by Crippen LogP contribution is -2.60. The summed E-state index contributed by atoms with van der Waals surface area (Å²) in [4.78, 5) is 42.6. The van der Waals surface area contributed by atoms with E-state index in [1.807, 2.05) is 30.3 Å². The van der Waals surface area contributed by atoms with Crippen molar-refractivity contribution in [3.8, 4) is 0 Å². The molecular formula is C26H32ClN5O3. The number of nitrogens with one attached hydrogen (secondary N) is 3. The number of amides is 5. The van der Waals surface area contributed by atoms with Gasteiger partial charge in [0.2, 0.25) is 5.91 Å². The highest BCUT2D eigenvalue weighted by molar-refractivity contribution is 6.30. The molecule has 1 saturated carbocycles. The second kappa shape index (κ2) is 11.4. The van der Waals surface area contributed by atoms with Crippen LogP contribution in [0.15, 0.2) is 54.6 Å². The molecule has 4 rings (SSSR count). The van der Waals surface area contributed by atoms with Gasteiger partial charge in [0.1, 0.15) is 5.54 Å². The summed E-state index contributed by atoms with van der Waals surface area (Å²) in [6.45, 7) is 2.35. The van der Waals surface area contributed by atoms with Crippen LogP contribution in [-0.2, 0) is 11.3 Å². The maximum Gasteiger partial charge on any atom is 0.321 e. The van der Waals surface area contributed by atoms with E-state index >= 15 is 0 Å². The second-order valence-electron chi connectivity index (χ2n) is 9.16. The molecule has 2 aromatic rings. The molecule has 2 aromatic carbocycles. The molecule has 0 bridgehead atoms. The van der Waals surface area contributed by atoms with Crippen LogP contribution < -0.4 is 16.0 Å². The zero-order chi connectivity index (χ0) is 24.7. The summed E-state index contributed by atoms with van der Waals surface area (Å²) >= 11 is 6.01. The Kier molecular flexibility index (Phi) is 8.13. The van der Waals surface area contributed by atoms with Gasteiger partial charge in [-0.2, -0.15) is 0 Å². The Balaban J connectivity index is 1.34. The smallest absolute Gasteiger partial charge is 0.321 e. The lowest BCUT2D eigenvalue weighted by molar-refractivity contribution is -0.137. The van der Waals surface area contributed by atoms with E-state index < -0.39 is 5.54 Å². The predicted molar refractivity (Wildman–Crippen MR) is 136 cm³/mol. The average molecular weight is 498 g/mol. The lowest BCUT2D eigenvalue weighted by atomic mass is 9.95. The molecule has 186 valence electrons. The fourth-order valence-electron chi connectivity index (χ4n) is 4.81. The largest absolute Gasteiger partial charge is 0.339 e. The number of hydrogen-bond acceptors (Lipinski definition) is 3. The first-order chi connectivity index (χ1) is 16.9.